The Balaban J connectivity index is 3.11. The van der Waals surface area contributed by atoms with Crippen molar-refractivity contribution in [2.45, 2.75) is 6.92 Å². The molecule has 86 valence electrons. The van der Waals surface area contributed by atoms with Gasteiger partial charge in [0, 0.05) is 17.9 Å². The Hall–Kier alpha value is -1.97. The van der Waals surface area contributed by atoms with Crippen LogP contribution in [0.25, 0.3) is 0 Å². The number of hydrogen-bond donors (Lipinski definition) is 2. The van der Waals surface area contributed by atoms with Crippen LogP contribution in [0.4, 0.5) is 11.4 Å². The minimum Gasteiger partial charge on any atom is -0.465 e. The molecule has 0 unspecified atom stereocenters. The number of hydrogen-bond acceptors (Lipinski definition) is 4. The molecule has 0 radical (unpaired) electrons. The van der Waals surface area contributed by atoms with Crippen LogP contribution in [-0.2, 0) is 4.74 Å². The summed E-state index contributed by atoms with van der Waals surface area (Å²) in [7, 11) is 1.33. The van der Waals surface area contributed by atoms with Gasteiger partial charge in [-0.2, -0.15) is 0 Å². The van der Waals surface area contributed by atoms with Gasteiger partial charge in [0.2, 0.25) is 0 Å². The molecule has 16 heavy (non-hydrogen) atoms. The van der Waals surface area contributed by atoms with Crippen molar-refractivity contribution in [2.24, 2.45) is 0 Å². The van der Waals surface area contributed by atoms with Crippen LogP contribution in [0.15, 0.2) is 24.8 Å². The molecule has 1 aromatic carbocycles. The van der Waals surface area contributed by atoms with Crippen LogP contribution in [0.2, 0.25) is 0 Å². The van der Waals surface area contributed by atoms with E-state index in [4.69, 9.17) is 5.73 Å². The lowest BCUT2D eigenvalue weighted by molar-refractivity contribution is 0.0602. The number of nitrogens with two attached hydrogens (primary N) is 1. The molecule has 1 aromatic rings. The first kappa shape index (κ1) is 12.1. The Bertz CT molecular complexity index is 414. The average Bonchev–Trinajstić information content (AvgIpc) is 2.29. The van der Waals surface area contributed by atoms with Gasteiger partial charge < -0.3 is 15.8 Å². The molecule has 0 amide bonds. The lowest BCUT2D eigenvalue weighted by Gasteiger charge is -2.11. The van der Waals surface area contributed by atoms with Crippen molar-refractivity contribution in [2.75, 3.05) is 24.7 Å². The molecule has 0 aliphatic carbocycles. The monoisotopic (exact) mass is 220 g/mol. The van der Waals surface area contributed by atoms with E-state index in [9.17, 15) is 4.79 Å². The summed E-state index contributed by atoms with van der Waals surface area (Å²) in [4.78, 5) is 11.5. The largest absolute Gasteiger partial charge is 0.465 e. The van der Waals surface area contributed by atoms with E-state index in [1.807, 2.05) is 13.0 Å². The quantitative estimate of drug-likeness (QED) is 0.462. The Morgan fingerprint density at radius 1 is 1.62 bits per heavy atom. The summed E-state index contributed by atoms with van der Waals surface area (Å²) in [5.41, 5.74) is 8.31. The van der Waals surface area contributed by atoms with Crippen molar-refractivity contribution in [3.63, 3.8) is 0 Å². The van der Waals surface area contributed by atoms with Crippen molar-refractivity contribution >= 4 is 17.3 Å². The summed E-state index contributed by atoms with van der Waals surface area (Å²) >= 11 is 0. The number of aryl methyl sites for hydroxylation is 1. The number of carbonyl (C=O) groups is 1. The second-order valence-corrected chi connectivity index (χ2v) is 3.42. The maximum Gasteiger partial charge on any atom is 0.340 e. The lowest BCUT2D eigenvalue weighted by Crippen LogP contribution is -2.09. The van der Waals surface area contributed by atoms with E-state index in [1.54, 1.807) is 12.1 Å². The molecule has 0 atom stereocenters. The summed E-state index contributed by atoms with van der Waals surface area (Å²) in [6, 6.07) is 3.56. The van der Waals surface area contributed by atoms with Gasteiger partial charge in [-0.25, -0.2) is 4.79 Å². The SMILES string of the molecule is C=CCNc1cc(C)c(N)c(C(=O)OC)c1. The summed E-state index contributed by atoms with van der Waals surface area (Å²) in [5.74, 6) is -0.428. The van der Waals surface area contributed by atoms with E-state index >= 15 is 0 Å². The van der Waals surface area contributed by atoms with E-state index < -0.39 is 5.97 Å². The van der Waals surface area contributed by atoms with Gasteiger partial charge in [-0.05, 0) is 24.6 Å². The Labute approximate surface area is 95.1 Å². The topological polar surface area (TPSA) is 64.3 Å². The second kappa shape index (κ2) is 5.21. The molecule has 3 N–H and O–H groups in total. The molecule has 1 rings (SSSR count). The summed E-state index contributed by atoms with van der Waals surface area (Å²) < 4.78 is 4.66. The first-order valence-electron chi connectivity index (χ1n) is 4.93. The Morgan fingerprint density at radius 2 is 2.31 bits per heavy atom. The predicted octanol–water partition coefficient (Wildman–Crippen LogP) is 1.96. The number of esters is 1. The number of anilines is 2. The van der Waals surface area contributed by atoms with Crippen LogP contribution in [0.1, 0.15) is 15.9 Å². The zero-order valence-corrected chi connectivity index (χ0v) is 9.54. The first-order chi connectivity index (χ1) is 7.60. The highest BCUT2D eigenvalue weighted by Crippen LogP contribution is 2.23. The number of benzene rings is 1. The van der Waals surface area contributed by atoms with Crippen LogP contribution < -0.4 is 11.1 Å². The van der Waals surface area contributed by atoms with Gasteiger partial charge in [0.05, 0.1) is 12.7 Å². The fraction of sp³-hybridized carbons (Fsp3) is 0.250. The van der Waals surface area contributed by atoms with Crippen LogP contribution in [0.3, 0.4) is 0 Å². The van der Waals surface area contributed by atoms with Gasteiger partial charge in [0.25, 0.3) is 0 Å². The van der Waals surface area contributed by atoms with Gasteiger partial charge >= 0.3 is 5.97 Å². The molecule has 0 spiro atoms. The van der Waals surface area contributed by atoms with Crippen molar-refractivity contribution in [1.29, 1.82) is 0 Å². The number of methoxy groups -OCH3 is 1. The fourth-order valence-electron chi connectivity index (χ4n) is 1.37. The molecular formula is C12H16N2O2. The normalized spacial score (nSPS) is 9.62. The molecular weight excluding hydrogens is 204 g/mol. The lowest BCUT2D eigenvalue weighted by atomic mass is 10.1. The van der Waals surface area contributed by atoms with E-state index in [0.29, 0.717) is 17.8 Å². The molecule has 0 heterocycles. The van der Waals surface area contributed by atoms with E-state index in [1.165, 1.54) is 7.11 Å². The summed E-state index contributed by atoms with van der Waals surface area (Å²) in [5, 5.41) is 3.10. The maximum atomic E-state index is 11.5. The minimum absolute atomic E-state index is 0.383. The number of carbonyl (C=O) groups excluding carboxylic acids is 1. The first-order valence-corrected chi connectivity index (χ1v) is 4.93. The predicted molar refractivity (Wildman–Crippen MR) is 65.6 cm³/mol. The molecule has 4 heteroatoms. The molecule has 0 aromatic heterocycles. The van der Waals surface area contributed by atoms with Gasteiger partial charge in [-0.3, -0.25) is 0 Å². The van der Waals surface area contributed by atoms with Gasteiger partial charge in [-0.15, -0.1) is 6.58 Å². The third kappa shape index (κ3) is 2.53. The average molecular weight is 220 g/mol. The summed E-state index contributed by atoms with van der Waals surface area (Å²) in [6.07, 6.45) is 1.74. The Morgan fingerprint density at radius 3 is 2.88 bits per heavy atom. The van der Waals surface area contributed by atoms with Crippen molar-refractivity contribution < 1.29 is 9.53 Å². The van der Waals surface area contributed by atoms with Crippen LogP contribution >= 0.6 is 0 Å². The second-order valence-electron chi connectivity index (χ2n) is 3.42. The van der Waals surface area contributed by atoms with Gasteiger partial charge in [0.15, 0.2) is 0 Å². The smallest absolute Gasteiger partial charge is 0.340 e. The van der Waals surface area contributed by atoms with Crippen molar-refractivity contribution in [3.05, 3.63) is 35.9 Å². The molecule has 0 saturated heterocycles. The summed E-state index contributed by atoms with van der Waals surface area (Å²) in [6.45, 7) is 6.09. The Kier molecular flexibility index (Phi) is 3.94. The van der Waals surface area contributed by atoms with Crippen molar-refractivity contribution in [1.82, 2.24) is 0 Å². The van der Waals surface area contributed by atoms with E-state index in [0.717, 1.165) is 11.3 Å². The molecule has 0 bridgehead atoms. The number of rotatable bonds is 4. The number of nitrogen functional groups attached to an aromatic ring is 1. The number of nitrogens with one attached hydrogen (secondary N) is 1. The zero-order valence-electron chi connectivity index (χ0n) is 9.54. The van der Waals surface area contributed by atoms with Crippen molar-refractivity contribution in [3.8, 4) is 0 Å². The fourth-order valence-corrected chi connectivity index (χ4v) is 1.37. The molecule has 0 saturated carbocycles. The van der Waals surface area contributed by atoms with Gasteiger partial charge in [-0.1, -0.05) is 6.08 Å². The number of ether oxygens (including phenoxy) is 1. The molecule has 0 aliphatic heterocycles. The van der Waals surface area contributed by atoms with Gasteiger partial charge in [0.1, 0.15) is 0 Å². The van der Waals surface area contributed by atoms with E-state index in [2.05, 4.69) is 16.6 Å². The third-order valence-corrected chi connectivity index (χ3v) is 2.24. The van der Waals surface area contributed by atoms with E-state index in [-0.39, 0.29) is 0 Å². The molecule has 0 aliphatic rings. The van der Waals surface area contributed by atoms with Crippen LogP contribution in [0, 0.1) is 6.92 Å². The standard InChI is InChI=1S/C12H16N2O2/c1-4-5-14-9-6-8(2)11(13)10(7-9)12(15)16-3/h4,6-7,14H,1,5,13H2,2-3H3. The minimum atomic E-state index is -0.428. The zero-order chi connectivity index (χ0) is 12.1. The molecule has 0 fully saturated rings. The highest BCUT2D eigenvalue weighted by Gasteiger charge is 2.12. The maximum absolute atomic E-state index is 11.5. The van der Waals surface area contributed by atoms with Crippen LogP contribution in [0.5, 0.6) is 0 Å². The third-order valence-electron chi connectivity index (χ3n) is 2.24. The highest BCUT2D eigenvalue weighted by atomic mass is 16.5. The molecule has 4 nitrogen and oxygen atoms in total. The van der Waals surface area contributed by atoms with Crippen LogP contribution in [-0.4, -0.2) is 19.6 Å². The highest BCUT2D eigenvalue weighted by molar-refractivity contribution is 5.97.